The standard InChI is InChI=1S/C15H22N2O/c1-12-6-5-11-17(12)15(18)14(16)10-9-13-7-3-2-4-8-13/h2-4,7-8,12,14H,5-6,9-11,16H2,1H3/t12?,14-/m0/s1. The predicted octanol–water partition coefficient (Wildman–Crippen LogP) is 1.96. The number of nitrogens with zero attached hydrogens (tertiary/aromatic N) is 1. The van der Waals surface area contributed by atoms with Gasteiger partial charge in [-0.25, -0.2) is 0 Å². The van der Waals surface area contributed by atoms with Crippen molar-refractivity contribution >= 4 is 5.91 Å². The Bertz CT molecular complexity index is 391. The lowest BCUT2D eigenvalue weighted by Gasteiger charge is -2.24. The smallest absolute Gasteiger partial charge is 0.239 e. The average Bonchev–Trinajstić information content (AvgIpc) is 2.82. The van der Waals surface area contributed by atoms with Gasteiger partial charge in [0.15, 0.2) is 0 Å². The van der Waals surface area contributed by atoms with Gasteiger partial charge in [0.2, 0.25) is 5.91 Å². The zero-order valence-corrected chi connectivity index (χ0v) is 11.0. The van der Waals surface area contributed by atoms with Crippen molar-refractivity contribution < 1.29 is 4.79 Å². The van der Waals surface area contributed by atoms with E-state index in [0.29, 0.717) is 6.04 Å². The van der Waals surface area contributed by atoms with Crippen molar-refractivity contribution in [2.24, 2.45) is 5.73 Å². The largest absolute Gasteiger partial charge is 0.339 e. The minimum absolute atomic E-state index is 0.121. The van der Waals surface area contributed by atoms with Gasteiger partial charge in [0.05, 0.1) is 6.04 Å². The van der Waals surface area contributed by atoms with Crippen molar-refractivity contribution in [1.82, 2.24) is 4.90 Å². The molecule has 2 N–H and O–H groups in total. The summed E-state index contributed by atoms with van der Waals surface area (Å²) in [7, 11) is 0. The van der Waals surface area contributed by atoms with Crippen LogP contribution in [0.1, 0.15) is 31.7 Å². The molecular weight excluding hydrogens is 224 g/mol. The van der Waals surface area contributed by atoms with Crippen LogP contribution in [0.4, 0.5) is 0 Å². The monoisotopic (exact) mass is 246 g/mol. The van der Waals surface area contributed by atoms with Gasteiger partial charge in [0.25, 0.3) is 0 Å². The molecule has 0 aliphatic carbocycles. The zero-order chi connectivity index (χ0) is 13.0. The molecule has 1 unspecified atom stereocenters. The van der Waals surface area contributed by atoms with Gasteiger partial charge in [-0.1, -0.05) is 30.3 Å². The Kier molecular flexibility index (Phi) is 4.37. The van der Waals surface area contributed by atoms with E-state index in [1.165, 1.54) is 5.56 Å². The molecule has 1 fully saturated rings. The molecular formula is C15H22N2O. The molecule has 18 heavy (non-hydrogen) atoms. The molecule has 0 aromatic heterocycles. The first-order chi connectivity index (χ1) is 8.68. The highest BCUT2D eigenvalue weighted by Gasteiger charge is 2.28. The Labute approximate surface area is 109 Å². The van der Waals surface area contributed by atoms with E-state index in [-0.39, 0.29) is 11.9 Å². The van der Waals surface area contributed by atoms with E-state index >= 15 is 0 Å². The number of hydrogen-bond donors (Lipinski definition) is 1. The SMILES string of the molecule is CC1CCCN1C(=O)[C@@H](N)CCc1ccccc1. The van der Waals surface area contributed by atoms with Gasteiger partial charge in [0, 0.05) is 12.6 Å². The highest BCUT2D eigenvalue weighted by atomic mass is 16.2. The van der Waals surface area contributed by atoms with Crippen LogP contribution in [0.5, 0.6) is 0 Å². The van der Waals surface area contributed by atoms with Crippen molar-refractivity contribution in [3.63, 3.8) is 0 Å². The minimum atomic E-state index is -0.356. The first kappa shape index (κ1) is 13.1. The molecule has 1 saturated heterocycles. The van der Waals surface area contributed by atoms with Crippen molar-refractivity contribution in [3.8, 4) is 0 Å². The van der Waals surface area contributed by atoms with Crippen molar-refractivity contribution in [3.05, 3.63) is 35.9 Å². The fraction of sp³-hybridized carbons (Fsp3) is 0.533. The summed E-state index contributed by atoms with van der Waals surface area (Å²) in [6, 6.07) is 10.2. The van der Waals surface area contributed by atoms with E-state index < -0.39 is 0 Å². The molecule has 98 valence electrons. The molecule has 1 aliphatic rings. The first-order valence-corrected chi connectivity index (χ1v) is 6.78. The molecule has 1 aromatic rings. The number of benzene rings is 1. The molecule has 0 radical (unpaired) electrons. The molecule has 1 heterocycles. The lowest BCUT2D eigenvalue weighted by molar-refractivity contribution is -0.133. The summed E-state index contributed by atoms with van der Waals surface area (Å²) in [5, 5.41) is 0. The van der Waals surface area contributed by atoms with Crippen LogP contribution in [-0.2, 0) is 11.2 Å². The second-order valence-corrected chi connectivity index (χ2v) is 5.15. The molecule has 1 aliphatic heterocycles. The van der Waals surface area contributed by atoms with Crippen molar-refractivity contribution in [2.75, 3.05) is 6.54 Å². The van der Waals surface area contributed by atoms with Crippen molar-refractivity contribution in [1.29, 1.82) is 0 Å². The van der Waals surface area contributed by atoms with Gasteiger partial charge in [-0.2, -0.15) is 0 Å². The number of aryl methyl sites for hydroxylation is 1. The van der Waals surface area contributed by atoms with Gasteiger partial charge in [-0.15, -0.1) is 0 Å². The molecule has 3 heteroatoms. The molecule has 0 spiro atoms. The van der Waals surface area contributed by atoms with Crippen LogP contribution in [0.3, 0.4) is 0 Å². The summed E-state index contributed by atoms with van der Waals surface area (Å²) >= 11 is 0. The Morgan fingerprint density at radius 1 is 1.44 bits per heavy atom. The van der Waals surface area contributed by atoms with E-state index in [1.54, 1.807) is 0 Å². The van der Waals surface area contributed by atoms with Gasteiger partial charge in [0.1, 0.15) is 0 Å². The van der Waals surface area contributed by atoms with E-state index in [2.05, 4.69) is 19.1 Å². The first-order valence-electron chi connectivity index (χ1n) is 6.78. The number of rotatable bonds is 4. The predicted molar refractivity (Wildman–Crippen MR) is 73.1 cm³/mol. The lowest BCUT2D eigenvalue weighted by atomic mass is 10.0. The maximum Gasteiger partial charge on any atom is 0.239 e. The summed E-state index contributed by atoms with van der Waals surface area (Å²) in [5.41, 5.74) is 7.26. The fourth-order valence-corrected chi connectivity index (χ4v) is 2.56. The Morgan fingerprint density at radius 3 is 2.78 bits per heavy atom. The quantitative estimate of drug-likeness (QED) is 0.882. The summed E-state index contributed by atoms with van der Waals surface area (Å²) < 4.78 is 0. The fourth-order valence-electron chi connectivity index (χ4n) is 2.56. The van der Waals surface area contributed by atoms with Gasteiger partial charge in [-0.3, -0.25) is 4.79 Å². The molecule has 1 amide bonds. The number of likely N-dealkylation sites (tertiary alicyclic amines) is 1. The Balaban J connectivity index is 1.84. The number of hydrogen-bond acceptors (Lipinski definition) is 2. The van der Waals surface area contributed by atoms with Gasteiger partial charge in [-0.05, 0) is 38.2 Å². The van der Waals surface area contributed by atoms with Crippen LogP contribution < -0.4 is 5.73 Å². The number of carbonyl (C=O) groups excluding carboxylic acids is 1. The third kappa shape index (κ3) is 3.10. The van der Waals surface area contributed by atoms with E-state index in [9.17, 15) is 4.79 Å². The molecule has 1 aromatic carbocycles. The van der Waals surface area contributed by atoms with Crippen LogP contribution >= 0.6 is 0 Å². The topological polar surface area (TPSA) is 46.3 Å². The summed E-state index contributed by atoms with van der Waals surface area (Å²) in [6.45, 7) is 2.98. The van der Waals surface area contributed by atoms with Crippen LogP contribution in [-0.4, -0.2) is 29.4 Å². The summed E-state index contributed by atoms with van der Waals surface area (Å²) in [4.78, 5) is 14.1. The zero-order valence-electron chi connectivity index (χ0n) is 11.0. The normalized spacial score (nSPS) is 21.0. The molecule has 2 atom stereocenters. The van der Waals surface area contributed by atoms with Crippen LogP contribution in [0.15, 0.2) is 30.3 Å². The number of carbonyl (C=O) groups is 1. The molecule has 2 rings (SSSR count). The third-order valence-electron chi connectivity index (χ3n) is 3.74. The average molecular weight is 246 g/mol. The Hall–Kier alpha value is -1.35. The molecule has 0 bridgehead atoms. The second-order valence-electron chi connectivity index (χ2n) is 5.15. The third-order valence-corrected chi connectivity index (χ3v) is 3.74. The van der Waals surface area contributed by atoms with E-state index in [4.69, 9.17) is 5.73 Å². The summed E-state index contributed by atoms with van der Waals surface area (Å²) in [5.74, 6) is 0.121. The van der Waals surface area contributed by atoms with Crippen LogP contribution in [0.2, 0.25) is 0 Å². The highest BCUT2D eigenvalue weighted by Crippen LogP contribution is 2.18. The van der Waals surface area contributed by atoms with Crippen molar-refractivity contribution in [2.45, 2.75) is 44.7 Å². The minimum Gasteiger partial charge on any atom is -0.339 e. The molecule has 3 nitrogen and oxygen atoms in total. The van der Waals surface area contributed by atoms with Crippen LogP contribution in [0.25, 0.3) is 0 Å². The van der Waals surface area contributed by atoms with Crippen LogP contribution in [0, 0.1) is 0 Å². The maximum absolute atomic E-state index is 12.2. The van der Waals surface area contributed by atoms with E-state index in [1.807, 2.05) is 23.1 Å². The second kappa shape index (κ2) is 6.01. The van der Waals surface area contributed by atoms with Gasteiger partial charge < -0.3 is 10.6 Å². The number of amides is 1. The number of nitrogens with two attached hydrogens (primary N) is 1. The summed E-state index contributed by atoms with van der Waals surface area (Å²) in [6.07, 6.45) is 3.82. The lowest BCUT2D eigenvalue weighted by Crippen LogP contribution is -2.45. The Morgan fingerprint density at radius 2 is 2.17 bits per heavy atom. The molecule has 0 saturated carbocycles. The van der Waals surface area contributed by atoms with E-state index in [0.717, 1.165) is 32.2 Å². The van der Waals surface area contributed by atoms with Gasteiger partial charge >= 0.3 is 0 Å². The maximum atomic E-state index is 12.2. The highest BCUT2D eigenvalue weighted by molar-refractivity contribution is 5.82.